The van der Waals surface area contributed by atoms with Crippen LogP contribution in [0.3, 0.4) is 0 Å². The van der Waals surface area contributed by atoms with Gasteiger partial charge in [0.25, 0.3) is 5.56 Å². The summed E-state index contributed by atoms with van der Waals surface area (Å²) in [6.07, 6.45) is -5.22. The Labute approximate surface area is 226 Å². The number of alkyl halides is 1. The minimum Gasteiger partial charge on any atom is -0.432 e. The number of H-pyrrole nitrogens is 1. The second kappa shape index (κ2) is 9.97. The lowest BCUT2D eigenvalue weighted by Gasteiger charge is -2.24. The van der Waals surface area contributed by atoms with Crippen molar-refractivity contribution in [2.75, 3.05) is 24.7 Å². The standard InChI is InChI=1S/C19H20FN10O8PS/c20-9-7-3-35-19(32)34-2-1-29-8(26-10-13(21)23-5-24-14(10)29)4-36-39(33,40)38-12(9)17(37-7)30-6-25-11-15(30)27-18(22)28-16(11)31/h5-7,9,12,17H,1-4H2,(H,33,40)(H2,21,23,24)(H3,22,27,28,31)/t7-,9+,12-,17-,39?/m1/s1. The molecule has 2 aliphatic rings. The molecular formula is C19H20FN10O8PS. The molecule has 212 valence electrons. The Morgan fingerprint density at radius 1 is 1.12 bits per heavy atom. The minimum absolute atomic E-state index is 0.0395. The van der Waals surface area contributed by atoms with E-state index in [4.69, 9.17) is 34.7 Å². The molecule has 0 aromatic carbocycles. The van der Waals surface area contributed by atoms with Crippen molar-refractivity contribution in [1.29, 1.82) is 0 Å². The van der Waals surface area contributed by atoms with Crippen molar-refractivity contribution >= 4 is 59.3 Å². The SMILES string of the molecule is Nc1nc2c(ncn2[C@@H]2O[C@@H]3COC(=O)OCCn4c(nc5c(N)ncnc54)COP(=O)(S)O[C@@H]2[C@H]3F)c(=O)[nH]1. The Morgan fingerprint density at radius 2 is 1.95 bits per heavy atom. The summed E-state index contributed by atoms with van der Waals surface area (Å²) in [4.78, 5) is 47.2. The molecular weight excluding hydrogens is 578 g/mol. The first-order valence-electron chi connectivity index (χ1n) is 11.5. The number of carbonyl (C=O) groups excluding carboxylic acids is 1. The third kappa shape index (κ3) is 4.73. The third-order valence-electron chi connectivity index (χ3n) is 6.14. The van der Waals surface area contributed by atoms with Gasteiger partial charge in [0.15, 0.2) is 40.5 Å². The van der Waals surface area contributed by atoms with Crippen LogP contribution in [0, 0.1) is 0 Å². The third-order valence-corrected chi connectivity index (χ3v) is 7.73. The number of aromatic amines is 1. The number of hydrogen-bond acceptors (Lipinski definition) is 15. The largest absolute Gasteiger partial charge is 0.508 e. The van der Waals surface area contributed by atoms with Crippen LogP contribution in [-0.2, 0) is 41.0 Å². The summed E-state index contributed by atoms with van der Waals surface area (Å²) in [5.41, 5.74) is 11.3. The van der Waals surface area contributed by atoms with Gasteiger partial charge in [0.05, 0.1) is 12.9 Å². The molecule has 0 spiro atoms. The molecule has 0 radical (unpaired) electrons. The van der Waals surface area contributed by atoms with Crippen molar-refractivity contribution in [3.63, 3.8) is 0 Å². The van der Waals surface area contributed by atoms with E-state index in [1.165, 1.54) is 15.5 Å². The summed E-state index contributed by atoms with van der Waals surface area (Å²) < 4.78 is 58.6. The van der Waals surface area contributed by atoms with Gasteiger partial charge in [-0.1, -0.05) is 12.2 Å². The van der Waals surface area contributed by atoms with Gasteiger partial charge in [0, 0.05) is 0 Å². The highest BCUT2D eigenvalue weighted by Crippen LogP contribution is 2.57. The molecule has 0 aliphatic carbocycles. The molecule has 4 aromatic heterocycles. The van der Waals surface area contributed by atoms with Crippen LogP contribution in [-0.4, -0.2) is 76.8 Å². The number of fused-ring (bicyclic) bond motifs is 6. The number of nitrogens with zero attached hydrogens (tertiary/aromatic N) is 7. The summed E-state index contributed by atoms with van der Waals surface area (Å²) >= 11 is 4.03. The maximum absolute atomic E-state index is 15.7. The Balaban J connectivity index is 1.37. The number of hydrogen-bond donors (Lipinski definition) is 4. The maximum Gasteiger partial charge on any atom is 0.508 e. The zero-order valence-electron chi connectivity index (χ0n) is 20.1. The van der Waals surface area contributed by atoms with Crippen LogP contribution in [0.15, 0.2) is 17.4 Å². The zero-order chi connectivity index (χ0) is 28.2. The predicted octanol–water partition coefficient (Wildman–Crippen LogP) is 0.466. The number of anilines is 2. The van der Waals surface area contributed by atoms with Crippen LogP contribution in [0.5, 0.6) is 0 Å². The molecule has 18 nitrogen and oxygen atoms in total. The lowest BCUT2D eigenvalue weighted by atomic mass is 10.1. The van der Waals surface area contributed by atoms with Crippen molar-refractivity contribution < 1.29 is 37.0 Å². The molecule has 2 aliphatic heterocycles. The number of nitrogen functional groups attached to an aromatic ring is 2. The van der Waals surface area contributed by atoms with E-state index in [1.807, 2.05) is 0 Å². The molecule has 0 saturated carbocycles. The van der Waals surface area contributed by atoms with Gasteiger partial charge in [-0.3, -0.25) is 23.4 Å². The van der Waals surface area contributed by atoms with Crippen LogP contribution in [0.4, 0.5) is 21.0 Å². The van der Waals surface area contributed by atoms with Gasteiger partial charge in [-0.15, -0.1) is 0 Å². The molecule has 1 unspecified atom stereocenters. The smallest absolute Gasteiger partial charge is 0.432 e. The average molecular weight is 598 g/mol. The fourth-order valence-corrected chi connectivity index (χ4v) is 5.74. The normalized spacial score (nSPS) is 28.0. The Kier molecular flexibility index (Phi) is 6.57. The van der Waals surface area contributed by atoms with Gasteiger partial charge in [-0.25, -0.2) is 33.7 Å². The molecule has 5 N–H and O–H groups in total. The fourth-order valence-electron chi connectivity index (χ4n) is 4.37. The number of nitrogens with one attached hydrogen (secondary N) is 1. The van der Waals surface area contributed by atoms with E-state index in [1.54, 1.807) is 0 Å². The number of nitrogens with two attached hydrogens (primary N) is 2. The summed E-state index contributed by atoms with van der Waals surface area (Å²) in [7, 11) is 0. The van der Waals surface area contributed by atoms with Crippen LogP contribution in [0.1, 0.15) is 12.1 Å². The molecule has 1 saturated heterocycles. The Morgan fingerprint density at radius 3 is 2.77 bits per heavy atom. The van der Waals surface area contributed by atoms with E-state index in [9.17, 15) is 14.2 Å². The molecule has 5 atom stereocenters. The monoisotopic (exact) mass is 598 g/mol. The zero-order valence-corrected chi connectivity index (χ0v) is 21.9. The Bertz CT molecular complexity index is 1730. The summed E-state index contributed by atoms with van der Waals surface area (Å²) in [5, 5.41) is 0. The van der Waals surface area contributed by atoms with Gasteiger partial charge in [0.2, 0.25) is 5.95 Å². The van der Waals surface area contributed by atoms with Crippen molar-refractivity contribution in [3.8, 4) is 0 Å². The number of ether oxygens (including phenoxy) is 3. The van der Waals surface area contributed by atoms with E-state index in [-0.39, 0.29) is 47.4 Å². The van der Waals surface area contributed by atoms with Crippen LogP contribution in [0.2, 0.25) is 0 Å². The van der Waals surface area contributed by atoms with E-state index in [0.29, 0.717) is 5.65 Å². The second-order valence-corrected chi connectivity index (χ2v) is 11.5. The first-order valence-corrected chi connectivity index (χ1v) is 14.2. The lowest BCUT2D eigenvalue weighted by molar-refractivity contribution is -0.0570. The molecule has 6 heterocycles. The molecule has 6 rings (SSSR count). The maximum atomic E-state index is 15.7. The number of cyclic esters (lactones) is 2. The van der Waals surface area contributed by atoms with Crippen molar-refractivity contribution in [1.82, 2.24) is 39.0 Å². The van der Waals surface area contributed by atoms with Crippen LogP contribution in [0.25, 0.3) is 22.3 Å². The van der Waals surface area contributed by atoms with Crippen molar-refractivity contribution in [2.24, 2.45) is 0 Å². The number of imidazole rings is 2. The number of rotatable bonds is 1. The predicted molar refractivity (Wildman–Crippen MR) is 135 cm³/mol. The topological polar surface area (TPSA) is 239 Å². The highest BCUT2D eigenvalue weighted by molar-refractivity contribution is 8.44. The van der Waals surface area contributed by atoms with E-state index >= 15 is 4.39 Å². The van der Waals surface area contributed by atoms with Gasteiger partial charge in [-0.2, -0.15) is 4.98 Å². The summed E-state index contributed by atoms with van der Waals surface area (Å²) in [6.45, 7) is -5.53. The van der Waals surface area contributed by atoms with Gasteiger partial charge >= 0.3 is 13.0 Å². The van der Waals surface area contributed by atoms with Crippen LogP contribution >= 0.6 is 19.0 Å². The molecule has 40 heavy (non-hydrogen) atoms. The van der Waals surface area contributed by atoms with E-state index in [2.05, 4.69) is 42.2 Å². The fraction of sp³-hybridized carbons (Fsp3) is 0.421. The van der Waals surface area contributed by atoms with Gasteiger partial charge < -0.3 is 30.2 Å². The molecule has 2 bridgehead atoms. The molecule has 4 aromatic rings. The number of halogens is 1. The number of carbonyl (C=O) groups is 1. The van der Waals surface area contributed by atoms with Gasteiger partial charge in [-0.05, 0) is 0 Å². The van der Waals surface area contributed by atoms with Crippen molar-refractivity contribution in [2.45, 2.75) is 37.8 Å². The number of thiol groups is 1. The molecule has 21 heteroatoms. The second-order valence-electron chi connectivity index (χ2n) is 8.62. The molecule has 1 fully saturated rings. The van der Waals surface area contributed by atoms with Gasteiger partial charge in [0.1, 0.15) is 44.2 Å². The minimum atomic E-state index is -4.33. The lowest BCUT2D eigenvalue weighted by Crippen LogP contribution is -2.32. The highest BCUT2D eigenvalue weighted by Gasteiger charge is 2.51. The average Bonchev–Trinajstić information content (AvgIpc) is 3.56. The van der Waals surface area contributed by atoms with E-state index in [0.717, 1.165) is 6.33 Å². The quantitative estimate of drug-likeness (QED) is 0.132. The van der Waals surface area contributed by atoms with E-state index < -0.39 is 56.3 Å². The Hall–Kier alpha value is -3.84. The number of aromatic nitrogens is 8. The first-order chi connectivity index (χ1) is 19.1. The van der Waals surface area contributed by atoms with Crippen LogP contribution < -0.4 is 17.0 Å². The molecule has 0 amide bonds. The summed E-state index contributed by atoms with van der Waals surface area (Å²) in [6, 6.07) is 0. The first kappa shape index (κ1) is 26.4. The summed E-state index contributed by atoms with van der Waals surface area (Å²) in [5.74, 6) is 0.00303. The highest BCUT2D eigenvalue weighted by atomic mass is 32.7. The van der Waals surface area contributed by atoms with Crippen molar-refractivity contribution in [3.05, 3.63) is 28.8 Å².